The minimum Gasteiger partial charge on any atom is -0.475 e. The van der Waals surface area contributed by atoms with Crippen LogP contribution in [-0.4, -0.2) is 31.9 Å². The molecule has 0 unspecified atom stereocenters. The Morgan fingerprint density at radius 3 is 2.55 bits per heavy atom. The summed E-state index contributed by atoms with van der Waals surface area (Å²) in [5.41, 5.74) is 2.48. The molecule has 1 aliphatic heterocycles. The Balaban J connectivity index is 2.34. The lowest BCUT2D eigenvalue weighted by molar-refractivity contribution is 0.0987. The van der Waals surface area contributed by atoms with Gasteiger partial charge < -0.3 is 4.74 Å². The molecule has 22 heavy (non-hydrogen) atoms. The van der Waals surface area contributed by atoms with Crippen molar-refractivity contribution in [2.24, 2.45) is 4.99 Å². The zero-order valence-electron chi connectivity index (χ0n) is 14.6. The quantitative estimate of drug-likeness (QED) is 0.594. The lowest BCUT2D eigenvalue weighted by Gasteiger charge is -2.16. The Kier molecular flexibility index (Phi) is 4.61. The molecule has 0 aliphatic carbocycles. The Labute approximate surface area is 134 Å². The number of rotatable bonds is 5. The van der Waals surface area contributed by atoms with E-state index in [0.29, 0.717) is 18.9 Å². The van der Waals surface area contributed by atoms with Crippen molar-refractivity contribution in [3.63, 3.8) is 0 Å². The number of nitrogens with zero attached hydrogens (tertiary/aromatic N) is 1. The summed E-state index contributed by atoms with van der Waals surface area (Å²) in [6.07, 6.45) is 0.614. The summed E-state index contributed by atoms with van der Waals surface area (Å²) in [6, 6.07) is 6.88. The van der Waals surface area contributed by atoms with Crippen molar-refractivity contribution in [3.05, 3.63) is 34.9 Å². The van der Waals surface area contributed by atoms with E-state index in [9.17, 15) is 4.79 Å². The van der Waals surface area contributed by atoms with E-state index in [1.165, 1.54) is 0 Å². The molecule has 0 saturated heterocycles. The second-order valence-electron chi connectivity index (χ2n) is 8.00. The van der Waals surface area contributed by atoms with Crippen LogP contribution in [0, 0.1) is 6.92 Å². The Morgan fingerprint density at radius 1 is 1.32 bits per heavy atom. The molecule has 0 radical (unpaired) electrons. The monoisotopic (exact) mass is 317 g/mol. The number of benzene rings is 1. The van der Waals surface area contributed by atoms with Gasteiger partial charge in [-0.05, 0) is 26.3 Å². The molecule has 1 aromatic carbocycles. The number of hydrogen-bond donors (Lipinski definition) is 0. The number of aliphatic imine (C=N–C) groups is 1. The van der Waals surface area contributed by atoms with Gasteiger partial charge in [-0.25, -0.2) is 4.99 Å². The van der Waals surface area contributed by atoms with Crippen LogP contribution in [0.15, 0.2) is 23.2 Å². The Hall–Kier alpha value is -1.42. The van der Waals surface area contributed by atoms with Gasteiger partial charge in [-0.1, -0.05) is 43.9 Å². The summed E-state index contributed by atoms with van der Waals surface area (Å²) in [7, 11) is -1.22. The van der Waals surface area contributed by atoms with E-state index in [0.717, 1.165) is 22.7 Å². The average Bonchev–Trinajstić information content (AvgIpc) is 2.74. The van der Waals surface area contributed by atoms with Crippen LogP contribution in [0.4, 0.5) is 0 Å². The van der Waals surface area contributed by atoms with Crippen molar-refractivity contribution in [2.75, 3.05) is 6.61 Å². The van der Waals surface area contributed by atoms with Gasteiger partial charge in [-0.3, -0.25) is 4.79 Å². The van der Waals surface area contributed by atoms with Crippen molar-refractivity contribution < 1.29 is 9.53 Å². The SMILES string of the molecule is Cc1cccc(C(=O)CC[Si](C)(C)C)c1C1=NC(C)(C)CO1. The van der Waals surface area contributed by atoms with Crippen molar-refractivity contribution in [1.82, 2.24) is 0 Å². The van der Waals surface area contributed by atoms with Crippen LogP contribution >= 0.6 is 0 Å². The molecule has 4 heteroatoms. The summed E-state index contributed by atoms with van der Waals surface area (Å²) in [5.74, 6) is 0.830. The second kappa shape index (κ2) is 5.99. The number of hydrogen-bond acceptors (Lipinski definition) is 3. The highest BCUT2D eigenvalue weighted by Gasteiger charge is 2.30. The molecular formula is C18H27NO2Si. The maximum atomic E-state index is 12.7. The first-order chi connectivity index (χ1) is 10.1. The number of Topliss-reactive ketones (excluding diaryl/α,β-unsaturated/α-hetero) is 1. The molecule has 1 aromatic rings. The topological polar surface area (TPSA) is 38.7 Å². The van der Waals surface area contributed by atoms with E-state index < -0.39 is 8.07 Å². The summed E-state index contributed by atoms with van der Waals surface area (Å²) in [4.78, 5) is 17.3. The minimum absolute atomic E-state index is 0.206. The predicted octanol–water partition coefficient (Wildman–Crippen LogP) is 4.46. The highest BCUT2D eigenvalue weighted by Crippen LogP contribution is 2.26. The van der Waals surface area contributed by atoms with Crippen LogP contribution < -0.4 is 0 Å². The summed E-state index contributed by atoms with van der Waals surface area (Å²) < 4.78 is 5.78. The van der Waals surface area contributed by atoms with Gasteiger partial charge in [0.1, 0.15) is 6.61 Å². The van der Waals surface area contributed by atoms with Crippen molar-refractivity contribution in [1.29, 1.82) is 0 Å². The molecule has 0 saturated carbocycles. The molecule has 2 rings (SSSR count). The van der Waals surface area contributed by atoms with Gasteiger partial charge in [0.25, 0.3) is 0 Å². The van der Waals surface area contributed by atoms with Crippen LogP contribution in [0.2, 0.25) is 25.7 Å². The highest BCUT2D eigenvalue weighted by atomic mass is 28.3. The summed E-state index contributed by atoms with van der Waals surface area (Å²) in [5, 5.41) is 0. The molecular weight excluding hydrogens is 290 g/mol. The third-order valence-corrected chi connectivity index (χ3v) is 5.61. The molecule has 0 bridgehead atoms. The third-order valence-electron chi connectivity index (χ3n) is 3.86. The van der Waals surface area contributed by atoms with E-state index in [4.69, 9.17) is 4.74 Å². The normalized spacial score (nSPS) is 17.1. The largest absolute Gasteiger partial charge is 0.475 e. The molecule has 1 aliphatic rings. The maximum Gasteiger partial charge on any atom is 0.217 e. The molecule has 3 nitrogen and oxygen atoms in total. The summed E-state index contributed by atoms with van der Waals surface area (Å²) >= 11 is 0. The fourth-order valence-electron chi connectivity index (χ4n) is 2.52. The first kappa shape index (κ1) is 16.9. The zero-order chi connectivity index (χ0) is 16.5. The molecule has 1 heterocycles. The highest BCUT2D eigenvalue weighted by molar-refractivity contribution is 6.76. The van der Waals surface area contributed by atoms with Gasteiger partial charge in [0, 0.05) is 20.1 Å². The van der Waals surface area contributed by atoms with E-state index in [2.05, 4.69) is 24.6 Å². The Morgan fingerprint density at radius 2 is 2.00 bits per heavy atom. The van der Waals surface area contributed by atoms with Gasteiger partial charge >= 0.3 is 0 Å². The van der Waals surface area contributed by atoms with Crippen LogP contribution in [0.3, 0.4) is 0 Å². The molecule has 0 amide bonds. The number of ketones is 1. The zero-order valence-corrected chi connectivity index (χ0v) is 15.6. The lowest BCUT2D eigenvalue weighted by Crippen LogP contribution is -2.21. The Bertz CT molecular complexity index is 612. The van der Waals surface area contributed by atoms with Crippen molar-refractivity contribution >= 4 is 19.8 Å². The first-order valence-corrected chi connectivity index (χ1v) is 11.7. The van der Waals surface area contributed by atoms with Crippen LogP contribution in [0.5, 0.6) is 0 Å². The lowest BCUT2D eigenvalue weighted by atomic mass is 9.97. The van der Waals surface area contributed by atoms with E-state index in [1.807, 2.05) is 39.0 Å². The fourth-order valence-corrected chi connectivity index (χ4v) is 3.50. The third kappa shape index (κ3) is 4.06. The maximum absolute atomic E-state index is 12.7. The molecule has 0 N–H and O–H groups in total. The number of ether oxygens (including phenoxy) is 1. The number of carbonyl (C=O) groups is 1. The summed E-state index contributed by atoms with van der Waals surface area (Å²) in [6.45, 7) is 13.6. The smallest absolute Gasteiger partial charge is 0.217 e. The first-order valence-electron chi connectivity index (χ1n) is 7.95. The predicted molar refractivity (Wildman–Crippen MR) is 94.8 cm³/mol. The molecule has 0 fully saturated rings. The van der Waals surface area contributed by atoms with Crippen LogP contribution in [0.25, 0.3) is 0 Å². The van der Waals surface area contributed by atoms with E-state index in [1.54, 1.807) is 0 Å². The van der Waals surface area contributed by atoms with Gasteiger partial charge in [0.05, 0.1) is 11.1 Å². The molecule has 0 spiro atoms. The minimum atomic E-state index is -1.22. The van der Waals surface area contributed by atoms with Gasteiger partial charge in [-0.15, -0.1) is 0 Å². The van der Waals surface area contributed by atoms with Crippen molar-refractivity contribution in [2.45, 2.75) is 58.4 Å². The standard InChI is InChI=1S/C18H27NO2Si/c1-13-8-7-9-14(15(20)10-11-22(4,5)6)16(13)17-19-18(2,3)12-21-17/h7-9H,10-12H2,1-6H3. The van der Waals surface area contributed by atoms with Crippen LogP contribution in [0.1, 0.15) is 41.8 Å². The molecule has 0 aromatic heterocycles. The van der Waals surface area contributed by atoms with Crippen molar-refractivity contribution in [3.8, 4) is 0 Å². The van der Waals surface area contributed by atoms with Crippen LogP contribution in [-0.2, 0) is 4.74 Å². The van der Waals surface area contributed by atoms with Gasteiger partial charge in [0.15, 0.2) is 5.78 Å². The number of aryl methyl sites for hydroxylation is 1. The second-order valence-corrected chi connectivity index (χ2v) is 13.6. The van der Waals surface area contributed by atoms with E-state index >= 15 is 0 Å². The number of carbonyl (C=O) groups excluding carboxylic acids is 1. The molecule has 120 valence electrons. The molecule has 0 atom stereocenters. The average molecular weight is 318 g/mol. The van der Waals surface area contributed by atoms with E-state index in [-0.39, 0.29) is 11.3 Å². The fraction of sp³-hybridized carbons (Fsp3) is 0.556. The van der Waals surface area contributed by atoms with Gasteiger partial charge in [0.2, 0.25) is 5.90 Å². The van der Waals surface area contributed by atoms with Gasteiger partial charge in [-0.2, -0.15) is 0 Å².